The van der Waals surface area contributed by atoms with E-state index in [0.717, 1.165) is 31.5 Å². The number of hydrogen-bond donors (Lipinski definition) is 1. The zero-order chi connectivity index (χ0) is 17.4. The molecule has 0 saturated heterocycles. The predicted octanol–water partition coefficient (Wildman–Crippen LogP) is 4.06. The molecule has 0 aromatic heterocycles. The quantitative estimate of drug-likeness (QED) is 0.794. The van der Waals surface area contributed by atoms with Crippen molar-refractivity contribution in [2.24, 2.45) is 0 Å². The SMILES string of the molecule is Cc1ccc(CCCC(=O)Nc2ccc(CCN(C)C)cc2)cc1. The Bertz CT molecular complexity index is 630. The number of likely N-dealkylation sites (N-methyl/N-ethyl adjacent to an activating group) is 1. The molecule has 24 heavy (non-hydrogen) atoms. The van der Waals surface area contributed by atoms with E-state index in [4.69, 9.17) is 0 Å². The van der Waals surface area contributed by atoms with E-state index in [1.165, 1.54) is 16.7 Å². The molecule has 0 unspecified atom stereocenters. The smallest absolute Gasteiger partial charge is 0.224 e. The summed E-state index contributed by atoms with van der Waals surface area (Å²) in [5, 5.41) is 2.98. The number of carbonyl (C=O) groups is 1. The molecule has 2 aromatic carbocycles. The normalized spacial score (nSPS) is 10.8. The van der Waals surface area contributed by atoms with Gasteiger partial charge in [-0.25, -0.2) is 0 Å². The average Bonchev–Trinajstić information content (AvgIpc) is 2.56. The van der Waals surface area contributed by atoms with Gasteiger partial charge in [0.25, 0.3) is 0 Å². The van der Waals surface area contributed by atoms with E-state index in [2.05, 4.69) is 67.6 Å². The maximum atomic E-state index is 12.0. The lowest BCUT2D eigenvalue weighted by molar-refractivity contribution is -0.116. The van der Waals surface area contributed by atoms with Crippen LogP contribution < -0.4 is 5.32 Å². The molecular weight excluding hydrogens is 296 g/mol. The Hall–Kier alpha value is -2.13. The van der Waals surface area contributed by atoms with Gasteiger partial charge in [-0.3, -0.25) is 4.79 Å². The van der Waals surface area contributed by atoms with Crippen molar-refractivity contribution in [3.8, 4) is 0 Å². The molecule has 0 aliphatic rings. The molecule has 0 bridgehead atoms. The Kier molecular flexibility index (Phi) is 7.01. The first kappa shape index (κ1) is 18.2. The van der Waals surface area contributed by atoms with Crippen molar-refractivity contribution in [1.82, 2.24) is 4.90 Å². The van der Waals surface area contributed by atoms with Crippen LogP contribution in [-0.4, -0.2) is 31.4 Å². The summed E-state index contributed by atoms with van der Waals surface area (Å²) >= 11 is 0. The van der Waals surface area contributed by atoms with Crippen molar-refractivity contribution in [3.05, 3.63) is 65.2 Å². The lowest BCUT2D eigenvalue weighted by atomic mass is 10.1. The van der Waals surface area contributed by atoms with Crippen molar-refractivity contribution < 1.29 is 4.79 Å². The molecule has 0 fully saturated rings. The number of aryl methyl sites for hydroxylation is 2. The molecule has 128 valence electrons. The zero-order valence-corrected chi connectivity index (χ0v) is 15.0. The van der Waals surface area contributed by atoms with Crippen molar-refractivity contribution in [3.63, 3.8) is 0 Å². The summed E-state index contributed by atoms with van der Waals surface area (Å²) in [6.45, 7) is 3.12. The highest BCUT2D eigenvalue weighted by Gasteiger charge is 2.03. The van der Waals surface area contributed by atoms with Gasteiger partial charge in [-0.15, -0.1) is 0 Å². The molecule has 3 nitrogen and oxygen atoms in total. The van der Waals surface area contributed by atoms with E-state index < -0.39 is 0 Å². The van der Waals surface area contributed by atoms with E-state index in [-0.39, 0.29) is 5.91 Å². The Balaban J connectivity index is 1.72. The van der Waals surface area contributed by atoms with Crippen LogP contribution in [0.4, 0.5) is 5.69 Å². The minimum atomic E-state index is 0.0863. The maximum Gasteiger partial charge on any atom is 0.224 e. The Morgan fingerprint density at radius 3 is 2.12 bits per heavy atom. The van der Waals surface area contributed by atoms with Crippen LogP contribution in [0.2, 0.25) is 0 Å². The fourth-order valence-corrected chi connectivity index (χ4v) is 2.54. The van der Waals surface area contributed by atoms with Crippen molar-refractivity contribution in [1.29, 1.82) is 0 Å². The fraction of sp³-hybridized carbons (Fsp3) is 0.381. The number of benzene rings is 2. The molecule has 0 spiro atoms. The van der Waals surface area contributed by atoms with Crippen LogP contribution in [0.1, 0.15) is 29.5 Å². The molecular formula is C21H28N2O. The average molecular weight is 324 g/mol. The Morgan fingerprint density at radius 1 is 0.917 bits per heavy atom. The van der Waals surface area contributed by atoms with Crippen LogP contribution in [0.5, 0.6) is 0 Å². The molecule has 0 aliphatic heterocycles. The number of rotatable bonds is 8. The number of carbonyl (C=O) groups excluding carboxylic acids is 1. The number of nitrogens with one attached hydrogen (secondary N) is 1. The van der Waals surface area contributed by atoms with Crippen LogP contribution in [0, 0.1) is 6.92 Å². The molecule has 2 aromatic rings. The third kappa shape index (κ3) is 6.55. The predicted molar refractivity (Wildman–Crippen MR) is 101 cm³/mol. The highest BCUT2D eigenvalue weighted by Crippen LogP contribution is 2.12. The van der Waals surface area contributed by atoms with Gasteiger partial charge in [0.2, 0.25) is 5.91 Å². The molecule has 0 radical (unpaired) electrons. The lowest BCUT2D eigenvalue weighted by Crippen LogP contribution is -2.15. The van der Waals surface area contributed by atoms with Gasteiger partial charge < -0.3 is 10.2 Å². The van der Waals surface area contributed by atoms with Gasteiger partial charge in [0.1, 0.15) is 0 Å². The van der Waals surface area contributed by atoms with Crippen LogP contribution in [0.3, 0.4) is 0 Å². The summed E-state index contributed by atoms with van der Waals surface area (Å²) in [4.78, 5) is 14.2. The van der Waals surface area contributed by atoms with E-state index in [0.29, 0.717) is 6.42 Å². The third-order valence-electron chi connectivity index (χ3n) is 4.08. The van der Waals surface area contributed by atoms with Crippen LogP contribution in [0.15, 0.2) is 48.5 Å². The minimum Gasteiger partial charge on any atom is -0.326 e. The van der Waals surface area contributed by atoms with E-state index >= 15 is 0 Å². The Labute approximate surface area is 145 Å². The summed E-state index contributed by atoms with van der Waals surface area (Å²) in [7, 11) is 4.15. The summed E-state index contributed by atoms with van der Waals surface area (Å²) < 4.78 is 0. The zero-order valence-electron chi connectivity index (χ0n) is 15.0. The van der Waals surface area contributed by atoms with E-state index in [1.807, 2.05) is 12.1 Å². The van der Waals surface area contributed by atoms with Gasteiger partial charge in [-0.05, 0) is 63.5 Å². The molecule has 0 aliphatic carbocycles. The van der Waals surface area contributed by atoms with Gasteiger partial charge in [-0.1, -0.05) is 42.0 Å². The highest BCUT2D eigenvalue weighted by molar-refractivity contribution is 5.90. The Morgan fingerprint density at radius 2 is 1.50 bits per heavy atom. The standard InChI is InChI=1S/C21H28N2O/c1-17-7-9-18(10-8-17)5-4-6-21(24)22-20-13-11-19(12-14-20)15-16-23(2)3/h7-14H,4-6,15-16H2,1-3H3,(H,22,24). The number of anilines is 1. The monoisotopic (exact) mass is 324 g/mol. The first-order chi connectivity index (χ1) is 11.5. The second kappa shape index (κ2) is 9.24. The topological polar surface area (TPSA) is 32.3 Å². The van der Waals surface area contributed by atoms with Gasteiger partial charge in [0, 0.05) is 18.7 Å². The highest BCUT2D eigenvalue weighted by atomic mass is 16.1. The molecule has 1 N–H and O–H groups in total. The van der Waals surface area contributed by atoms with Gasteiger partial charge in [0.15, 0.2) is 0 Å². The minimum absolute atomic E-state index is 0.0863. The van der Waals surface area contributed by atoms with Gasteiger partial charge in [-0.2, -0.15) is 0 Å². The summed E-state index contributed by atoms with van der Waals surface area (Å²) in [5.41, 5.74) is 4.73. The van der Waals surface area contributed by atoms with Crippen LogP contribution in [-0.2, 0) is 17.6 Å². The first-order valence-electron chi connectivity index (χ1n) is 8.62. The maximum absolute atomic E-state index is 12.0. The van der Waals surface area contributed by atoms with Crippen LogP contribution in [0.25, 0.3) is 0 Å². The lowest BCUT2D eigenvalue weighted by Gasteiger charge is -2.10. The number of amides is 1. The summed E-state index contributed by atoms with van der Waals surface area (Å²) in [5.74, 6) is 0.0863. The van der Waals surface area contributed by atoms with Crippen LogP contribution >= 0.6 is 0 Å². The van der Waals surface area contributed by atoms with Gasteiger partial charge >= 0.3 is 0 Å². The van der Waals surface area contributed by atoms with Crippen molar-refractivity contribution in [2.45, 2.75) is 32.6 Å². The molecule has 0 saturated carbocycles. The van der Waals surface area contributed by atoms with Gasteiger partial charge in [0.05, 0.1) is 0 Å². The molecule has 0 atom stereocenters. The number of hydrogen-bond acceptors (Lipinski definition) is 2. The fourth-order valence-electron chi connectivity index (χ4n) is 2.54. The molecule has 3 heteroatoms. The van der Waals surface area contributed by atoms with Crippen molar-refractivity contribution >= 4 is 11.6 Å². The number of nitrogens with zero attached hydrogens (tertiary/aromatic N) is 1. The van der Waals surface area contributed by atoms with E-state index in [1.54, 1.807) is 0 Å². The molecule has 0 heterocycles. The summed E-state index contributed by atoms with van der Waals surface area (Å²) in [6, 6.07) is 16.7. The first-order valence-corrected chi connectivity index (χ1v) is 8.62. The second-order valence-electron chi connectivity index (χ2n) is 6.64. The third-order valence-corrected chi connectivity index (χ3v) is 4.08. The van der Waals surface area contributed by atoms with E-state index in [9.17, 15) is 4.79 Å². The largest absolute Gasteiger partial charge is 0.326 e. The second-order valence-corrected chi connectivity index (χ2v) is 6.64. The molecule has 2 rings (SSSR count). The summed E-state index contributed by atoms with van der Waals surface area (Å²) in [6.07, 6.45) is 3.39. The van der Waals surface area contributed by atoms with Crippen molar-refractivity contribution in [2.75, 3.05) is 26.0 Å². The molecule has 1 amide bonds.